The lowest BCUT2D eigenvalue weighted by molar-refractivity contribution is -0.415. The first-order valence-corrected chi connectivity index (χ1v) is 14.0. The average Bonchev–Trinajstić information content (AvgIpc) is 2.91. The van der Waals surface area contributed by atoms with E-state index in [9.17, 15) is 4.79 Å². The number of nitrogens with one attached hydrogen (secondary N) is 1. The fourth-order valence-corrected chi connectivity index (χ4v) is 4.30. The van der Waals surface area contributed by atoms with Gasteiger partial charge in [-0.2, -0.15) is 0 Å². The van der Waals surface area contributed by atoms with Crippen LogP contribution in [0.5, 0.6) is 0 Å². The maximum absolute atomic E-state index is 13.4. The third-order valence-corrected chi connectivity index (χ3v) is 6.64. The van der Waals surface area contributed by atoms with Crippen LogP contribution in [0, 0.1) is 11.3 Å². The molecule has 0 amide bonds. The molecule has 2 unspecified atom stereocenters. The summed E-state index contributed by atoms with van der Waals surface area (Å²) < 4.78 is 24.6. The monoisotopic (exact) mass is 675 g/mol. The summed E-state index contributed by atoms with van der Waals surface area (Å²) in [7, 11) is 0. The molecule has 2 aliphatic heterocycles. The third-order valence-electron chi connectivity index (χ3n) is 5.80. The maximum atomic E-state index is 13.4. The van der Waals surface area contributed by atoms with Crippen LogP contribution in [0.1, 0.15) is 17.4 Å². The summed E-state index contributed by atoms with van der Waals surface area (Å²) in [4.78, 5) is 24.7. The highest BCUT2D eigenvalue weighted by molar-refractivity contribution is 6.76. The quantitative estimate of drug-likeness (QED) is 0.0875. The highest BCUT2D eigenvalue weighted by Crippen LogP contribution is 2.40. The van der Waals surface area contributed by atoms with Crippen LogP contribution in [0.4, 0.5) is 0 Å². The summed E-state index contributed by atoms with van der Waals surface area (Å²) in [6.07, 6.45) is -5.40. The number of rotatable bonds is 8. The lowest BCUT2D eigenvalue weighted by Crippen LogP contribution is -2.63. The van der Waals surface area contributed by atoms with E-state index in [0.29, 0.717) is 0 Å². The van der Waals surface area contributed by atoms with Crippen molar-refractivity contribution in [1.82, 2.24) is 0 Å². The number of benzene rings is 2. The molecule has 0 saturated carbocycles. The zero-order chi connectivity index (χ0) is 28.9. The van der Waals surface area contributed by atoms with Crippen molar-refractivity contribution in [3.05, 3.63) is 71.8 Å². The molecule has 0 aromatic heterocycles. The van der Waals surface area contributed by atoms with Gasteiger partial charge in [-0.25, -0.2) is 9.78 Å². The van der Waals surface area contributed by atoms with Crippen molar-refractivity contribution in [3.8, 4) is 0 Å². The van der Waals surface area contributed by atoms with E-state index in [1.165, 1.54) is 0 Å². The van der Waals surface area contributed by atoms with Crippen molar-refractivity contribution in [2.75, 3.05) is 13.2 Å². The van der Waals surface area contributed by atoms with Crippen molar-refractivity contribution in [2.24, 2.45) is 5.92 Å². The molecular formula is C25H23Cl6NO8. The lowest BCUT2D eigenvalue weighted by atomic mass is 9.90. The number of carbonyl (C=O) groups is 1. The molecule has 6 atom stereocenters. The smallest absolute Gasteiger partial charge is 0.318 e. The van der Waals surface area contributed by atoms with Gasteiger partial charge in [-0.15, -0.1) is 0 Å². The second-order valence-corrected chi connectivity index (χ2v) is 13.5. The molecule has 40 heavy (non-hydrogen) atoms. The molecule has 2 fully saturated rings. The summed E-state index contributed by atoms with van der Waals surface area (Å²) in [5, 5.41) is 8.05. The summed E-state index contributed by atoms with van der Waals surface area (Å²) in [5.41, 5.74) is 1.51. The van der Waals surface area contributed by atoms with E-state index in [4.69, 9.17) is 108 Å². The molecule has 2 heterocycles. The number of fused-ring (bicyclic) bond motifs is 1. The van der Waals surface area contributed by atoms with Gasteiger partial charge in [0.2, 0.25) is 16.0 Å². The van der Waals surface area contributed by atoms with Gasteiger partial charge in [-0.3, -0.25) is 10.2 Å². The number of hydrogen-bond acceptors (Lipinski definition) is 9. The van der Waals surface area contributed by atoms with Gasteiger partial charge in [0, 0.05) is 5.56 Å². The molecule has 2 aliphatic rings. The standard InChI is InChI=1S/C25H23Cl6NO8/c26-24(27,28)13-35-20(33)17-19(40-36-11-14-7-3-1-4-8-14)18-16(37-22(17)39-23(32)25(29,30)31)12-34-21(38-18)15-9-5-2-6-10-15/h1-10,16-19,21-22,32H,11-13H2/t16-,17+,18-,19-,21?,22?/m1/s1. The Hall–Kier alpha value is -1.08. The summed E-state index contributed by atoms with van der Waals surface area (Å²) in [6, 6.07) is 18.3. The molecule has 2 aromatic rings. The molecule has 2 saturated heterocycles. The molecule has 0 aliphatic carbocycles. The fourth-order valence-electron chi connectivity index (χ4n) is 4.00. The van der Waals surface area contributed by atoms with E-state index >= 15 is 0 Å². The van der Waals surface area contributed by atoms with Crippen LogP contribution in [0.3, 0.4) is 0 Å². The molecule has 15 heteroatoms. The Balaban J connectivity index is 1.63. The van der Waals surface area contributed by atoms with Crippen molar-refractivity contribution >= 4 is 81.5 Å². The Morgan fingerprint density at radius 3 is 2.23 bits per heavy atom. The highest BCUT2D eigenvalue weighted by atomic mass is 35.6. The SMILES string of the molecule is N=C(OC1O[C@@H]2COC(c3ccccc3)O[C@H]2[C@H](OOCc2ccccc2)[C@H]1C(=O)OCC(Cl)(Cl)Cl)C(Cl)(Cl)Cl. The minimum atomic E-state index is -2.26. The summed E-state index contributed by atoms with van der Waals surface area (Å²) >= 11 is 34.8. The van der Waals surface area contributed by atoms with Crippen LogP contribution in [-0.2, 0) is 44.9 Å². The van der Waals surface area contributed by atoms with Crippen molar-refractivity contribution in [3.63, 3.8) is 0 Å². The van der Waals surface area contributed by atoms with Crippen molar-refractivity contribution < 1.29 is 38.3 Å². The normalized spacial score (nSPS) is 26.9. The highest BCUT2D eigenvalue weighted by Gasteiger charge is 2.56. The minimum absolute atomic E-state index is 0.000344. The number of ether oxygens (including phenoxy) is 5. The largest absolute Gasteiger partial charge is 0.461 e. The molecule has 4 rings (SSSR count). The molecular weight excluding hydrogens is 655 g/mol. The number of halogens is 6. The van der Waals surface area contributed by atoms with Gasteiger partial charge in [-0.05, 0) is 5.56 Å². The summed E-state index contributed by atoms with van der Waals surface area (Å²) in [5.74, 6) is -3.23. The van der Waals surface area contributed by atoms with Gasteiger partial charge in [0.25, 0.3) is 3.79 Å². The van der Waals surface area contributed by atoms with Crippen molar-refractivity contribution in [1.29, 1.82) is 5.41 Å². The Bertz CT molecular complexity index is 1130. The third kappa shape index (κ3) is 8.72. The zero-order valence-corrected chi connectivity index (χ0v) is 24.9. The van der Waals surface area contributed by atoms with Crippen LogP contribution in [-0.4, -0.2) is 57.3 Å². The van der Waals surface area contributed by atoms with E-state index in [2.05, 4.69) is 0 Å². The van der Waals surface area contributed by atoms with Gasteiger partial charge >= 0.3 is 5.97 Å². The van der Waals surface area contributed by atoms with Gasteiger partial charge in [-0.1, -0.05) is 130 Å². The predicted octanol–water partition coefficient (Wildman–Crippen LogP) is 6.24. The molecule has 0 spiro atoms. The molecule has 9 nitrogen and oxygen atoms in total. The number of hydrogen-bond donors (Lipinski definition) is 1. The van der Waals surface area contributed by atoms with Gasteiger partial charge in [0.1, 0.15) is 31.5 Å². The topological polar surface area (TPSA) is 106 Å². The zero-order valence-electron chi connectivity index (χ0n) is 20.4. The molecule has 1 N–H and O–H groups in total. The second kappa shape index (κ2) is 13.9. The Labute approximate surface area is 260 Å². The van der Waals surface area contributed by atoms with E-state index in [0.717, 1.165) is 11.1 Å². The predicted molar refractivity (Wildman–Crippen MR) is 149 cm³/mol. The number of carbonyl (C=O) groups excluding carboxylic acids is 1. The minimum Gasteiger partial charge on any atom is -0.461 e. The molecule has 0 radical (unpaired) electrons. The average molecular weight is 678 g/mol. The Morgan fingerprint density at radius 2 is 1.60 bits per heavy atom. The Morgan fingerprint density at radius 1 is 0.950 bits per heavy atom. The fraction of sp³-hybridized carbons (Fsp3) is 0.440. The first-order chi connectivity index (χ1) is 18.9. The van der Waals surface area contributed by atoms with Crippen LogP contribution >= 0.6 is 69.6 Å². The van der Waals surface area contributed by atoms with E-state index in [-0.39, 0.29) is 13.2 Å². The lowest BCUT2D eigenvalue weighted by Gasteiger charge is -2.47. The van der Waals surface area contributed by atoms with Crippen LogP contribution in [0.15, 0.2) is 60.7 Å². The van der Waals surface area contributed by atoms with Crippen LogP contribution < -0.4 is 0 Å². The molecule has 218 valence electrons. The number of alkyl halides is 6. The van der Waals surface area contributed by atoms with Gasteiger partial charge < -0.3 is 23.7 Å². The first kappa shape index (κ1) is 31.8. The Kier molecular flexibility index (Phi) is 11.1. The van der Waals surface area contributed by atoms with Gasteiger partial charge in [0.05, 0.1) is 6.61 Å². The van der Waals surface area contributed by atoms with Crippen LogP contribution in [0.25, 0.3) is 0 Å². The van der Waals surface area contributed by atoms with E-state index < -0.39 is 62.9 Å². The van der Waals surface area contributed by atoms with E-state index in [1.54, 1.807) is 0 Å². The summed E-state index contributed by atoms with van der Waals surface area (Å²) in [6.45, 7) is -0.580. The molecule has 2 aromatic carbocycles. The molecule has 0 bridgehead atoms. The van der Waals surface area contributed by atoms with Gasteiger partial charge in [0.15, 0.2) is 12.2 Å². The van der Waals surface area contributed by atoms with Crippen LogP contribution in [0.2, 0.25) is 0 Å². The maximum Gasteiger partial charge on any atom is 0.318 e. The van der Waals surface area contributed by atoms with Crippen molar-refractivity contribution in [2.45, 2.75) is 45.1 Å². The second-order valence-electron chi connectivity index (χ2n) is 8.72. The number of esters is 1. The first-order valence-electron chi connectivity index (χ1n) is 11.8. The van der Waals surface area contributed by atoms with E-state index in [1.807, 2.05) is 60.7 Å².